The van der Waals surface area contributed by atoms with Gasteiger partial charge >= 0.3 is 0 Å². The Labute approximate surface area is 169 Å². The third kappa shape index (κ3) is 4.37. The molecular weight excluding hydrogens is 373 g/mol. The number of hydrogen-bond donors (Lipinski definition) is 1. The van der Waals surface area contributed by atoms with Gasteiger partial charge in [-0.3, -0.25) is 0 Å². The third-order valence-electron chi connectivity index (χ3n) is 4.64. The van der Waals surface area contributed by atoms with Crippen LogP contribution >= 0.6 is 0 Å². The number of rotatable bonds is 7. The minimum Gasteiger partial charge on any atom is -0.493 e. The molecule has 1 aliphatic heterocycles. The molecule has 1 N–H and O–H groups in total. The number of anilines is 1. The molecule has 0 amide bonds. The highest BCUT2D eigenvalue weighted by Crippen LogP contribution is 2.35. The lowest BCUT2D eigenvalue weighted by molar-refractivity contribution is 0.171. The summed E-state index contributed by atoms with van der Waals surface area (Å²) in [4.78, 5) is 0. The molecule has 0 radical (unpaired) electrons. The Balaban J connectivity index is 1.50. The molecule has 1 aliphatic rings. The maximum atomic E-state index is 13.9. The number of ether oxygens (including phenoxy) is 4. The van der Waals surface area contributed by atoms with E-state index in [1.165, 1.54) is 6.07 Å². The van der Waals surface area contributed by atoms with Crippen LogP contribution in [0.1, 0.15) is 11.1 Å². The fraction of sp³-hybridized carbons (Fsp3) is 0.217. The van der Waals surface area contributed by atoms with E-state index in [-0.39, 0.29) is 12.4 Å². The Kier molecular flexibility index (Phi) is 5.70. The zero-order valence-electron chi connectivity index (χ0n) is 16.1. The zero-order valence-corrected chi connectivity index (χ0v) is 16.1. The molecule has 0 bridgehead atoms. The summed E-state index contributed by atoms with van der Waals surface area (Å²) in [7, 11) is 1.59. The van der Waals surface area contributed by atoms with E-state index in [0.29, 0.717) is 36.8 Å². The molecule has 4 rings (SSSR count). The van der Waals surface area contributed by atoms with Crippen LogP contribution in [0.25, 0.3) is 0 Å². The first kappa shape index (κ1) is 18.9. The van der Waals surface area contributed by atoms with E-state index in [2.05, 4.69) is 5.32 Å². The van der Waals surface area contributed by atoms with Gasteiger partial charge in [0.15, 0.2) is 23.0 Å². The molecular formula is C23H22FNO4. The number of methoxy groups -OCH3 is 1. The van der Waals surface area contributed by atoms with Crippen molar-refractivity contribution in [3.8, 4) is 23.0 Å². The van der Waals surface area contributed by atoms with Crippen molar-refractivity contribution in [2.75, 3.05) is 25.6 Å². The van der Waals surface area contributed by atoms with Crippen LogP contribution in [0, 0.1) is 5.82 Å². The average molecular weight is 395 g/mol. The molecule has 0 unspecified atom stereocenters. The van der Waals surface area contributed by atoms with Crippen molar-refractivity contribution < 1.29 is 23.3 Å². The maximum Gasteiger partial charge on any atom is 0.166 e. The summed E-state index contributed by atoms with van der Waals surface area (Å²) in [6.07, 6.45) is 0. The third-order valence-corrected chi connectivity index (χ3v) is 4.64. The molecule has 0 saturated heterocycles. The van der Waals surface area contributed by atoms with Crippen LogP contribution in [-0.2, 0) is 13.2 Å². The lowest BCUT2D eigenvalue weighted by Gasteiger charge is -2.20. The second-order valence-corrected chi connectivity index (χ2v) is 6.54. The van der Waals surface area contributed by atoms with Crippen molar-refractivity contribution in [2.45, 2.75) is 13.2 Å². The second-order valence-electron chi connectivity index (χ2n) is 6.54. The standard InChI is InChI=1S/C23H22FNO4/c1-26-21-8-4-6-16(23(21)29-15-17-5-2-3-7-19(17)24)14-25-18-9-10-20-22(13-18)28-12-11-27-20/h2-10,13,25H,11-12,14-15H2,1H3. The molecule has 0 fully saturated rings. The highest BCUT2D eigenvalue weighted by Gasteiger charge is 2.14. The Morgan fingerprint density at radius 3 is 2.55 bits per heavy atom. The lowest BCUT2D eigenvalue weighted by atomic mass is 10.1. The summed E-state index contributed by atoms with van der Waals surface area (Å²) in [5.74, 6) is 2.37. The summed E-state index contributed by atoms with van der Waals surface area (Å²) in [5, 5.41) is 3.37. The minimum absolute atomic E-state index is 0.115. The fourth-order valence-electron chi connectivity index (χ4n) is 3.14. The molecule has 0 spiro atoms. The lowest BCUT2D eigenvalue weighted by Crippen LogP contribution is -2.15. The molecule has 3 aromatic rings. The van der Waals surface area contributed by atoms with Crippen LogP contribution in [0.3, 0.4) is 0 Å². The van der Waals surface area contributed by atoms with Gasteiger partial charge in [0.1, 0.15) is 25.6 Å². The Morgan fingerprint density at radius 2 is 1.72 bits per heavy atom. The number of hydrogen-bond acceptors (Lipinski definition) is 5. The van der Waals surface area contributed by atoms with Crippen LogP contribution in [0.15, 0.2) is 60.7 Å². The molecule has 0 saturated carbocycles. The molecule has 150 valence electrons. The molecule has 3 aromatic carbocycles. The molecule has 0 aromatic heterocycles. The summed E-state index contributed by atoms with van der Waals surface area (Å²) in [6, 6.07) is 18.0. The number of para-hydroxylation sites is 1. The van der Waals surface area contributed by atoms with E-state index in [4.69, 9.17) is 18.9 Å². The van der Waals surface area contributed by atoms with Gasteiger partial charge in [-0.1, -0.05) is 30.3 Å². The zero-order chi connectivity index (χ0) is 20.1. The maximum absolute atomic E-state index is 13.9. The molecule has 6 heteroatoms. The Hall–Kier alpha value is -3.41. The van der Waals surface area contributed by atoms with Crippen molar-refractivity contribution in [3.63, 3.8) is 0 Å². The number of fused-ring (bicyclic) bond motifs is 1. The summed E-state index contributed by atoms with van der Waals surface area (Å²) in [5.41, 5.74) is 2.29. The molecule has 0 aliphatic carbocycles. The van der Waals surface area contributed by atoms with Gasteiger partial charge in [0.05, 0.1) is 7.11 Å². The smallest absolute Gasteiger partial charge is 0.166 e. The van der Waals surface area contributed by atoms with Gasteiger partial charge in [0, 0.05) is 29.4 Å². The predicted molar refractivity (Wildman–Crippen MR) is 108 cm³/mol. The van der Waals surface area contributed by atoms with E-state index in [1.54, 1.807) is 25.3 Å². The van der Waals surface area contributed by atoms with Crippen LogP contribution in [0.2, 0.25) is 0 Å². The van der Waals surface area contributed by atoms with Gasteiger partial charge < -0.3 is 24.3 Å². The molecule has 5 nitrogen and oxygen atoms in total. The first-order valence-corrected chi connectivity index (χ1v) is 9.40. The normalized spacial score (nSPS) is 12.3. The number of nitrogens with one attached hydrogen (secondary N) is 1. The van der Waals surface area contributed by atoms with E-state index >= 15 is 0 Å². The van der Waals surface area contributed by atoms with Gasteiger partial charge in [-0.25, -0.2) is 4.39 Å². The summed E-state index contributed by atoms with van der Waals surface area (Å²) in [6.45, 7) is 1.72. The molecule has 29 heavy (non-hydrogen) atoms. The highest BCUT2D eigenvalue weighted by atomic mass is 19.1. The highest BCUT2D eigenvalue weighted by molar-refractivity contribution is 5.56. The van der Waals surface area contributed by atoms with Crippen molar-refractivity contribution in [1.29, 1.82) is 0 Å². The van der Waals surface area contributed by atoms with E-state index in [9.17, 15) is 4.39 Å². The summed E-state index contributed by atoms with van der Waals surface area (Å²) >= 11 is 0. The first-order chi connectivity index (χ1) is 14.2. The van der Waals surface area contributed by atoms with Crippen molar-refractivity contribution in [3.05, 3.63) is 77.6 Å². The van der Waals surface area contributed by atoms with Gasteiger partial charge in [-0.05, 0) is 24.3 Å². The molecule has 0 atom stereocenters. The van der Waals surface area contributed by atoms with Crippen molar-refractivity contribution >= 4 is 5.69 Å². The van der Waals surface area contributed by atoms with Crippen LogP contribution < -0.4 is 24.3 Å². The Morgan fingerprint density at radius 1 is 0.931 bits per heavy atom. The SMILES string of the molecule is COc1cccc(CNc2ccc3c(c2)OCCO3)c1OCc1ccccc1F. The first-order valence-electron chi connectivity index (χ1n) is 9.40. The van der Waals surface area contributed by atoms with Gasteiger partial charge in [-0.2, -0.15) is 0 Å². The Bertz CT molecular complexity index is 992. The van der Waals surface area contributed by atoms with Crippen LogP contribution in [0.5, 0.6) is 23.0 Å². The van der Waals surface area contributed by atoms with Crippen molar-refractivity contribution in [1.82, 2.24) is 0 Å². The fourth-order valence-corrected chi connectivity index (χ4v) is 3.14. The predicted octanol–water partition coefficient (Wildman–Crippen LogP) is 4.80. The second kappa shape index (κ2) is 8.73. The quantitative estimate of drug-likeness (QED) is 0.623. The average Bonchev–Trinajstić information content (AvgIpc) is 2.77. The van der Waals surface area contributed by atoms with Crippen LogP contribution in [-0.4, -0.2) is 20.3 Å². The van der Waals surface area contributed by atoms with E-state index in [1.807, 2.05) is 36.4 Å². The van der Waals surface area contributed by atoms with Crippen molar-refractivity contribution in [2.24, 2.45) is 0 Å². The van der Waals surface area contributed by atoms with Gasteiger partial charge in [-0.15, -0.1) is 0 Å². The summed E-state index contributed by atoms with van der Waals surface area (Å²) < 4.78 is 36.5. The van der Waals surface area contributed by atoms with Gasteiger partial charge in [0.2, 0.25) is 0 Å². The largest absolute Gasteiger partial charge is 0.493 e. The minimum atomic E-state index is -0.293. The number of halogens is 1. The topological polar surface area (TPSA) is 49.0 Å². The monoisotopic (exact) mass is 395 g/mol. The van der Waals surface area contributed by atoms with Gasteiger partial charge in [0.25, 0.3) is 0 Å². The number of benzene rings is 3. The van der Waals surface area contributed by atoms with E-state index < -0.39 is 0 Å². The van der Waals surface area contributed by atoms with Crippen LogP contribution in [0.4, 0.5) is 10.1 Å². The molecule has 1 heterocycles. The van der Waals surface area contributed by atoms with E-state index in [0.717, 1.165) is 22.7 Å².